The largest absolute Gasteiger partial charge is 0.307 e. The van der Waals surface area contributed by atoms with Gasteiger partial charge in [-0.2, -0.15) is 0 Å². The summed E-state index contributed by atoms with van der Waals surface area (Å²) >= 11 is 0. The number of nitrogens with zero attached hydrogens (tertiary/aromatic N) is 3. The molecule has 2 aromatic rings. The normalized spacial score (nSPS) is 13.4. The van der Waals surface area contributed by atoms with E-state index in [-0.39, 0.29) is 0 Å². The number of nitrogens with one attached hydrogen (secondary N) is 1. The first-order chi connectivity index (χ1) is 8.16. The fourth-order valence-corrected chi connectivity index (χ4v) is 2.07. The van der Waals surface area contributed by atoms with Gasteiger partial charge < -0.3 is 5.32 Å². The molecule has 0 amide bonds. The van der Waals surface area contributed by atoms with Crippen LogP contribution in [0, 0.1) is 5.92 Å². The molecule has 0 saturated carbocycles. The van der Waals surface area contributed by atoms with Gasteiger partial charge in [0.1, 0.15) is 0 Å². The van der Waals surface area contributed by atoms with Gasteiger partial charge in [0.05, 0.1) is 6.54 Å². The molecule has 2 aromatic heterocycles. The van der Waals surface area contributed by atoms with Gasteiger partial charge >= 0.3 is 0 Å². The summed E-state index contributed by atoms with van der Waals surface area (Å²) in [7, 11) is 0. The molecule has 0 saturated heterocycles. The van der Waals surface area contributed by atoms with Crippen molar-refractivity contribution >= 4 is 5.65 Å². The third-order valence-electron chi connectivity index (χ3n) is 2.82. The topological polar surface area (TPSA) is 42.2 Å². The predicted molar refractivity (Wildman–Crippen MR) is 68.7 cm³/mol. The molecule has 17 heavy (non-hydrogen) atoms. The third-order valence-corrected chi connectivity index (χ3v) is 2.82. The minimum absolute atomic E-state index is 0.506. The fraction of sp³-hybridized carbons (Fsp3) is 0.538. The molecule has 0 aliphatic rings. The summed E-state index contributed by atoms with van der Waals surface area (Å²) in [5.41, 5.74) is 0.904. The molecule has 1 atom stereocenters. The Bertz CT molecular complexity index is 475. The maximum absolute atomic E-state index is 4.20. The lowest BCUT2D eigenvalue weighted by atomic mass is 10.1. The van der Waals surface area contributed by atoms with Crippen molar-refractivity contribution in [2.75, 3.05) is 0 Å². The average Bonchev–Trinajstić information content (AvgIpc) is 2.69. The van der Waals surface area contributed by atoms with Gasteiger partial charge in [0.15, 0.2) is 11.5 Å². The maximum atomic E-state index is 4.20. The first-order valence-electron chi connectivity index (χ1n) is 6.19. The Balaban J connectivity index is 1.99. The molecule has 0 fully saturated rings. The van der Waals surface area contributed by atoms with Gasteiger partial charge in [-0.15, -0.1) is 10.2 Å². The van der Waals surface area contributed by atoms with E-state index in [0.29, 0.717) is 12.0 Å². The van der Waals surface area contributed by atoms with Crippen LogP contribution in [0.2, 0.25) is 0 Å². The Morgan fingerprint density at radius 1 is 1.24 bits per heavy atom. The summed E-state index contributed by atoms with van der Waals surface area (Å²) in [5.74, 6) is 1.68. The van der Waals surface area contributed by atoms with Crippen molar-refractivity contribution in [3.05, 3.63) is 30.2 Å². The molecule has 0 aliphatic carbocycles. The maximum Gasteiger partial charge on any atom is 0.160 e. The minimum atomic E-state index is 0.506. The summed E-state index contributed by atoms with van der Waals surface area (Å²) in [5, 5.41) is 11.8. The van der Waals surface area contributed by atoms with Crippen LogP contribution in [0.1, 0.15) is 33.0 Å². The second-order valence-electron chi connectivity index (χ2n) is 4.96. The number of hydrogen-bond donors (Lipinski definition) is 1. The molecule has 0 aromatic carbocycles. The van der Waals surface area contributed by atoms with Crippen LogP contribution in [0.15, 0.2) is 24.4 Å². The van der Waals surface area contributed by atoms with Crippen molar-refractivity contribution in [3.8, 4) is 0 Å². The molecule has 0 radical (unpaired) electrons. The number of hydrogen-bond acceptors (Lipinski definition) is 3. The van der Waals surface area contributed by atoms with Crippen molar-refractivity contribution < 1.29 is 0 Å². The van der Waals surface area contributed by atoms with E-state index in [1.807, 2.05) is 28.8 Å². The molecule has 2 heterocycles. The second-order valence-corrected chi connectivity index (χ2v) is 4.96. The van der Waals surface area contributed by atoms with Crippen molar-refractivity contribution in [2.24, 2.45) is 5.92 Å². The Hall–Kier alpha value is -1.42. The number of aromatic nitrogens is 3. The third kappa shape index (κ3) is 3.03. The van der Waals surface area contributed by atoms with Crippen LogP contribution in [0.4, 0.5) is 0 Å². The molecular weight excluding hydrogens is 212 g/mol. The highest BCUT2D eigenvalue weighted by Gasteiger charge is 2.07. The van der Waals surface area contributed by atoms with Crippen molar-refractivity contribution in [3.63, 3.8) is 0 Å². The van der Waals surface area contributed by atoms with Crippen molar-refractivity contribution in [1.29, 1.82) is 0 Å². The summed E-state index contributed by atoms with van der Waals surface area (Å²) < 4.78 is 2.02. The van der Waals surface area contributed by atoms with Crippen molar-refractivity contribution in [2.45, 2.75) is 39.8 Å². The molecule has 92 valence electrons. The zero-order chi connectivity index (χ0) is 12.3. The highest BCUT2D eigenvalue weighted by molar-refractivity contribution is 5.36. The summed E-state index contributed by atoms with van der Waals surface area (Å²) in [4.78, 5) is 0. The molecule has 4 heteroatoms. The quantitative estimate of drug-likeness (QED) is 0.859. The second kappa shape index (κ2) is 5.27. The molecule has 0 aliphatic heterocycles. The zero-order valence-electron chi connectivity index (χ0n) is 10.7. The average molecular weight is 232 g/mol. The first-order valence-corrected chi connectivity index (χ1v) is 6.19. The van der Waals surface area contributed by atoms with E-state index < -0.39 is 0 Å². The van der Waals surface area contributed by atoms with E-state index in [9.17, 15) is 0 Å². The highest BCUT2D eigenvalue weighted by atomic mass is 15.3. The van der Waals surface area contributed by atoms with Gasteiger partial charge in [-0.3, -0.25) is 4.40 Å². The Kier molecular flexibility index (Phi) is 3.74. The van der Waals surface area contributed by atoms with E-state index in [2.05, 4.69) is 36.3 Å². The van der Waals surface area contributed by atoms with Crippen LogP contribution in [0.25, 0.3) is 5.65 Å². The van der Waals surface area contributed by atoms with Crippen LogP contribution in [0.5, 0.6) is 0 Å². The van der Waals surface area contributed by atoms with Gasteiger partial charge in [0, 0.05) is 12.2 Å². The zero-order valence-corrected chi connectivity index (χ0v) is 10.7. The molecule has 0 spiro atoms. The summed E-state index contributed by atoms with van der Waals surface area (Å²) in [6.07, 6.45) is 3.18. The van der Waals surface area contributed by atoms with E-state index in [1.165, 1.54) is 6.42 Å². The van der Waals surface area contributed by atoms with E-state index >= 15 is 0 Å². The number of fused-ring (bicyclic) bond motifs is 1. The van der Waals surface area contributed by atoms with Gasteiger partial charge in [0.25, 0.3) is 0 Å². The minimum Gasteiger partial charge on any atom is -0.307 e. The molecule has 0 bridgehead atoms. The first kappa shape index (κ1) is 12.0. The van der Waals surface area contributed by atoms with Crippen molar-refractivity contribution in [1.82, 2.24) is 19.9 Å². The van der Waals surface area contributed by atoms with Crippen LogP contribution >= 0.6 is 0 Å². The smallest absolute Gasteiger partial charge is 0.160 e. The highest BCUT2D eigenvalue weighted by Crippen LogP contribution is 2.06. The SMILES string of the molecule is CC(C)C[C@H](C)NCc1nnc2ccccn12. The lowest BCUT2D eigenvalue weighted by molar-refractivity contribution is 0.436. The number of rotatable bonds is 5. The number of pyridine rings is 1. The lowest BCUT2D eigenvalue weighted by Crippen LogP contribution is -2.27. The van der Waals surface area contributed by atoms with Crippen LogP contribution in [-0.2, 0) is 6.54 Å². The predicted octanol–water partition coefficient (Wildman–Crippen LogP) is 2.25. The Morgan fingerprint density at radius 3 is 2.82 bits per heavy atom. The van der Waals surface area contributed by atoms with E-state index in [0.717, 1.165) is 18.0 Å². The van der Waals surface area contributed by atoms with Gasteiger partial charge in [-0.25, -0.2) is 0 Å². The van der Waals surface area contributed by atoms with E-state index in [1.54, 1.807) is 0 Å². The Morgan fingerprint density at radius 2 is 2.06 bits per heavy atom. The van der Waals surface area contributed by atoms with Gasteiger partial charge in [-0.05, 0) is 31.4 Å². The standard InChI is InChI=1S/C13H20N4/c1-10(2)8-11(3)14-9-13-16-15-12-6-4-5-7-17(12)13/h4-7,10-11,14H,8-9H2,1-3H3/t11-/m0/s1. The fourth-order valence-electron chi connectivity index (χ4n) is 2.07. The summed E-state index contributed by atoms with van der Waals surface area (Å²) in [6, 6.07) is 6.44. The molecular formula is C13H20N4. The Labute approximate surface area is 102 Å². The van der Waals surface area contributed by atoms with Gasteiger partial charge in [0.2, 0.25) is 0 Å². The van der Waals surface area contributed by atoms with Crippen LogP contribution < -0.4 is 5.32 Å². The van der Waals surface area contributed by atoms with Gasteiger partial charge in [-0.1, -0.05) is 19.9 Å². The molecule has 1 N–H and O–H groups in total. The molecule has 2 rings (SSSR count). The molecule has 4 nitrogen and oxygen atoms in total. The van der Waals surface area contributed by atoms with Crippen LogP contribution in [-0.4, -0.2) is 20.6 Å². The van der Waals surface area contributed by atoms with Crippen LogP contribution in [0.3, 0.4) is 0 Å². The monoisotopic (exact) mass is 232 g/mol. The lowest BCUT2D eigenvalue weighted by Gasteiger charge is -2.15. The van der Waals surface area contributed by atoms with E-state index in [4.69, 9.17) is 0 Å². The molecule has 0 unspecified atom stereocenters. The summed E-state index contributed by atoms with van der Waals surface area (Å²) in [6.45, 7) is 7.46.